The van der Waals surface area contributed by atoms with Crippen LogP contribution in [0.15, 0.2) is 23.7 Å². The minimum Gasteiger partial charge on any atom is -0.508 e. The first-order chi connectivity index (χ1) is 10.2. The van der Waals surface area contributed by atoms with Crippen molar-refractivity contribution in [2.45, 2.75) is 45.8 Å². The average Bonchev–Trinajstić information content (AvgIpc) is 2.62. The summed E-state index contributed by atoms with van der Waals surface area (Å²) >= 11 is 0. The number of aromatic hydroxyl groups is 1. The molecular weight excluding hydrogens is 277 g/mol. The van der Waals surface area contributed by atoms with Gasteiger partial charge in [0, 0.05) is 6.54 Å². The van der Waals surface area contributed by atoms with Crippen molar-refractivity contribution in [3.63, 3.8) is 0 Å². The highest BCUT2D eigenvalue weighted by atomic mass is 16.7. The van der Waals surface area contributed by atoms with Crippen LogP contribution in [-0.4, -0.2) is 37.0 Å². The molecule has 5 heteroatoms. The van der Waals surface area contributed by atoms with E-state index in [9.17, 15) is 5.11 Å². The summed E-state index contributed by atoms with van der Waals surface area (Å²) in [5, 5.41) is 13.0. The Balaban J connectivity index is 2.31. The van der Waals surface area contributed by atoms with Crippen molar-refractivity contribution in [3.05, 3.63) is 34.8 Å². The number of hydrogen-bond acceptors (Lipinski definition) is 4. The van der Waals surface area contributed by atoms with Crippen LogP contribution in [0, 0.1) is 6.92 Å². The van der Waals surface area contributed by atoms with Gasteiger partial charge in [0.15, 0.2) is 0 Å². The average molecular weight is 303 g/mol. The molecule has 1 aromatic carbocycles. The Bertz CT molecular complexity index is 565. The van der Waals surface area contributed by atoms with E-state index in [-0.39, 0.29) is 18.3 Å². The highest BCUT2D eigenvalue weighted by Gasteiger charge is 2.52. The summed E-state index contributed by atoms with van der Waals surface area (Å²) in [7, 11) is 1.51. The summed E-state index contributed by atoms with van der Waals surface area (Å²) in [5.74, 6) is 0.298. The molecule has 0 atom stereocenters. The van der Waals surface area contributed by atoms with E-state index in [1.165, 1.54) is 0 Å². The van der Waals surface area contributed by atoms with Crippen molar-refractivity contribution in [2.75, 3.05) is 13.6 Å². The number of nitrogens with one attached hydrogen (secondary N) is 1. The predicted octanol–water partition coefficient (Wildman–Crippen LogP) is 2.93. The SMILES string of the molecule is CNCC(=Cc1ccc(C)c(O)c1)B1OC(C)(C)C(C)(C)O1. The fourth-order valence-electron chi connectivity index (χ4n) is 2.33. The number of phenolic OH excluding ortho intramolecular Hbond substituents is 1. The van der Waals surface area contributed by atoms with Gasteiger partial charge in [-0.15, -0.1) is 0 Å². The van der Waals surface area contributed by atoms with Gasteiger partial charge in [-0.1, -0.05) is 18.2 Å². The van der Waals surface area contributed by atoms with Crippen molar-refractivity contribution in [3.8, 4) is 5.75 Å². The summed E-state index contributed by atoms with van der Waals surface area (Å²) in [6.07, 6.45) is 2.01. The van der Waals surface area contributed by atoms with Crippen LogP contribution in [0.3, 0.4) is 0 Å². The third-order valence-corrected chi connectivity index (χ3v) is 4.52. The van der Waals surface area contributed by atoms with Crippen molar-refractivity contribution in [2.24, 2.45) is 0 Å². The molecule has 0 saturated carbocycles. The summed E-state index contributed by atoms with van der Waals surface area (Å²) in [4.78, 5) is 0. The summed E-state index contributed by atoms with van der Waals surface area (Å²) < 4.78 is 12.2. The largest absolute Gasteiger partial charge is 0.508 e. The predicted molar refractivity (Wildman–Crippen MR) is 90.8 cm³/mol. The van der Waals surface area contributed by atoms with Crippen LogP contribution in [-0.2, 0) is 9.31 Å². The molecule has 1 saturated heterocycles. The molecule has 0 radical (unpaired) electrons. The first-order valence-corrected chi connectivity index (χ1v) is 7.66. The lowest BCUT2D eigenvalue weighted by molar-refractivity contribution is 0.00578. The molecule has 0 bridgehead atoms. The molecule has 0 aliphatic carbocycles. The van der Waals surface area contributed by atoms with Crippen LogP contribution in [0.25, 0.3) is 6.08 Å². The van der Waals surface area contributed by atoms with Crippen molar-refractivity contribution < 1.29 is 14.4 Å². The summed E-state index contributed by atoms with van der Waals surface area (Å²) in [6, 6.07) is 5.65. The van der Waals surface area contributed by atoms with Crippen molar-refractivity contribution in [1.29, 1.82) is 0 Å². The van der Waals surface area contributed by atoms with Crippen LogP contribution < -0.4 is 5.32 Å². The number of benzene rings is 1. The van der Waals surface area contributed by atoms with Gasteiger partial charge in [0.05, 0.1) is 11.2 Å². The summed E-state index contributed by atoms with van der Waals surface area (Å²) in [5.41, 5.74) is 2.08. The van der Waals surface area contributed by atoms with E-state index in [0.717, 1.165) is 16.6 Å². The van der Waals surface area contributed by atoms with E-state index in [4.69, 9.17) is 9.31 Å². The molecule has 1 fully saturated rings. The Labute approximate surface area is 133 Å². The quantitative estimate of drug-likeness (QED) is 0.840. The topological polar surface area (TPSA) is 50.7 Å². The highest BCUT2D eigenvalue weighted by Crippen LogP contribution is 2.38. The van der Waals surface area contributed by atoms with Crippen LogP contribution in [0.2, 0.25) is 0 Å². The fraction of sp³-hybridized carbons (Fsp3) is 0.529. The maximum absolute atomic E-state index is 9.87. The standard InChI is InChI=1S/C17H26BNO3/c1-12-7-8-13(10-15(12)20)9-14(11-19-6)18-21-16(2,3)17(4,5)22-18/h7-10,19-20H,11H2,1-6H3. The van der Waals surface area contributed by atoms with Gasteiger partial charge >= 0.3 is 7.12 Å². The number of rotatable bonds is 4. The van der Waals surface area contributed by atoms with Crippen LogP contribution in [0.5, 0.6) is 5.75 Å². The Morgan fingerprint density at radius 3 is 2.32 bits per heavy atom. The highest BCUT2D eigenvalue weighted by molar-refractivity contribution is 6.55. The molecule has 0 amide bonds. The van der Waals surface area contributed by atoms with E-state index < -0.39 is 0 Å². The van der Waals surface area contributed by atoms with Crippen LogP contribution in [0.4, 0.5) is 0 Å². The molecule has 2 N–H and O–H groups in total. The van der Waals surface area contributed by atoms with E-state index in [0.29, 0.717) is 12.3 Å². The van der Waals surface area contributed by atoms with Gasteiger partial charge in [-0.2, -0.15) is 0 Å². The molecule has 1 aliphatic heterocycles. The van der Waals surface area contributed by atoms with Gasteiger partial charge < -0.3 is 19.7 Å². The van der Waals surface area contributed by atoms with Gasteiger partial charge in [-0.3, -0.25) is 0 Å². The number of likely N-dealkylation sites (N-methyl/N-ethyl adjacent to an activating group) is 1. The van der Waals surface area contributed by atoms with Gasteiger partial charge in [0.25, 0.3) is 0 Å². The fourth-order valence-corrected chi connectivity index (χ4v) is 2.33. The molecule has 1 heterocycles. The second kappa shape index (κ2) is 6.07. The normalized spacial score (nSPS) is 20.5. The molecule has 120 valence electrons. The van der Waals surface area contributed by atoms with E-state index in [1.54, 1.807) is 6.07 Å². The number of hydrogen-bond donors (Lipinski definition) is 2. The molecular formula is C17H26BNO3. The zero-order valence-electron chi connectivity index (χ0n) is 14.4. The van der Waals surface area contributed by atoms with Gasteiger partial charge in [-0.05, 0) is 64.3 Å². The minimum atomic E-state index is -0.388. The van der Waals surface area contributed by atoms with Gasteiger partial charge in [0.2, 0.25) is 0 Å². The second-order valence-corrected chi connectivity index (χ2v) is 6.88. The molecule has 0 unspecified atom stereocenters. The van der Waals surface area contributed by atoms with Crippen molar-refractivity contribution in [1.82, 2.24) is 5.32 Å². The molecule has 0 spiro atoms. The van der Waals surface area contributed by atoms with Gasteiger partial charge in [-0.25, -0.2) is 0 Å². The molecule has 4 nitrogen and oxygen atoms in total. The first-order valence-electron chi connectivity index (χ1n) is 7.66. The maximum atomic E-state index is 9.87. The number of aryl methyl sites for hydroxylation is 1. The third kappa shape index (κ3) is 3.37. The van der Waals surface area contributed by atoms with Crippen LogP contribution >= 0.6 is 0 Å². The Morgan fingerprint density at radius 1 is 1.23 bits per heavy atom. The van der Waals surface area contributed by atoms with E-state index >= 15 is 0 Å². The van der Waals surface area contributed by atoms with E-state index in [1.807, 2.05) is 59.9 Å². The molecule has 1 aliphatic rings. The van der Waals surface area contributed by atoms with Crippen LogP contribution in [0.1, 0.15) is 38.8 Å². The summed E-state index contributed by atoms with van der Waals surface area (Å²) in [6.45, 7) is 10.7. The number of phenols is 1. The van der Waals surface area contributed by atoms with E-state index in [2.05, 4.69) is 5.32 Å². The zero-order valence-corrected chi connectivity index (χ0v) is 14.4. The molecule has 0 aromatic heterocycles. The minimum absolute atomic E-state index is 0.298. The Morgan fingerprint density at radius 2 is 1.82 bits per heavy atom. The zero-order chi connectivity index (χ0) is 16.5. The smallest absolute Gasteiger partial charge is 0.491 e. The molecule has 2 rings (SSSR count). The van der Waals surface area contributed by atoms with Crippen molar-refractivity contribution >= 4 is 13.2 Å². The Kier molecular flexibility index (Phi) is 4.71. The lowest BCUT2D eigenvalue weighted by atomic mass is 9.77. The third-order valence-electron chi connectivity index (χ3n) is 4.52. The first kappa shape index (κ1) is 17.1. The Hall–Kier alpha value is -1.30. The lowest BCUT2D eigenvalue weighted by Gasteiger charge is -2.32. The molecule has 1 aromatic rings. The maximum Gasteiger partial charge on any atom is 0.491 e. The second-order valence-electron chi connectivity index (χ2n) is 6.88. The lowest BCUT2D eigenvalue weighted by Crippen LogP contribution is -2.41. The van der Waals surface area contributed by atoms with Gasteiger partial charge in [0.1, 0.15) is 5.75 Å². The monoisotopic (exact) mass is 303 g/mol. The molecule has 22 heavy (non-hydrogen) atoms.